The van der Waals surface area contributed by atoms with Crippen molar-refractivity contribution in [3.8, 4) is 5.75 Å². The van der Waals surface area contributed by atoms with Crippen molar-refractivity contribution in [3.63, 3.8) is 0 Å². The zero-order chi connectivity index (χ0) is 23.9. The number of pyridine rings is 1. The van der Waals surface area contributed by atoms with E-state index in [0.717, 1.165) is 36.3 Å². The van der Waals surface area contributed by atoms with Gasteiger partial charge in [-0.25, -0.2) is 4.39 Å². The van der Waals surface area contributed by atoms with E-state index in [9.17, 15) is 14.6 Å². The average Bonchev–Trinajstić information content (AvgIpc) is 2.84. The molecule has 0 unspecified atom stereocenters. The highest BCUT2D eigenvalue weighted by atomic mass is 19.1. The molecular formula is C29H32FNO3. The average molecular weight is 462 g/mol. The lowest BCUT2D eigenvalue weighted by Gasteiger charge is -2.55. The van der Waals surface area contributed by atoms with Gasteiger partial charge in [-0.15, -0.1) is 0 Å². The summed E-state index contributed by atoms with van der Waals surface area (Å²) >= 11 is 0. The fourth-order valence-electron chi connectivity index (χ4n) is 6.28. The monoisotopic (exact) mass is 461 g/mol. The molecule has 4 nitrogen and oxygen atoms in total. The molecule has 2 N–H and O–H groups in total. The van der Waals surface area contributed by atoms with Crippen LogP contribution in [0, 0.1) is 18.7 Å². The highest BCUT2D eigenvalue weighted by Gasteiger charge is 2.55. The number of aryl methyl sites for hydroxylation is 2. The molecule has 0 saturated heterocycles. The molecule has 5 heteroatoms. The zero-order valence-electron chi connectivity index (χ0n) is 19.8. The molecule has 0 spiro atoms. The largest absolute Gasteiger partial charge is 0.489 e. The van der Waals surface area contributed by atoms with Crippen molar-refractivity contribution < 1.29 is 19.3 Å². The van der Waals surface area contributed by atoms with Gasteiger partial charge in [-0.05, 0) is 92.0 Å². The smallest absolute Gasteiger partial charge is 0.123 e. The Balaban J connectivity index is 1.41. The molecule has 0 aliphatic heterocycles. The van der Waals surface area contributed by atoms with Gasteiger partial charge in [-0.2, -0.15) is 0 Å². The number of nitrogens with zero attached hydrogens (tertiary/aromatic N) is 1. The number of hydrogen-bond acceptors (Lipinski definition) is 4. The van der Waals surface area contributed by atoms with Crippen LogP contribution >= 0.6 is 0 Å². The van der Waals surface area contributed by atoms with E-state index < -0.39 is 11.7 Å². The summed E-state index contributed by atoms with van der Waals surface area (Å²) in [5.41, 5.74) is 3.59. The maximum Gasteiger partial charge on any atom is 0.123 e. The first-order chi connectivity index (χ1) is 16.4. The van der Waals surface area contributed by atoms with Gasteiger partial charge in [0.25, 0.3) is 0 Å². The van der Waals surface area contributed by atoms with Crippen LogP contribution in [0.3, 0.4) is 0 Å². The van der Waals surface area contributed by atoms with E-state index in [4.69, 9.17) is 4.74 Å². The Hall–Kier alpha value is -2.76. The molecule has 0 radical (unpaired) electrons. The predicted molar refractivity (Wildman–Crippen MR) is 129 cm³/mol. The first kappa shape index (κ1) is 23.0. The normalized spacial score (nSPS) is 28.1. The van der Waals surface area contributed by atoms with E-state index in [1.807, 2.05) is 25.1 Å². The molecule has 0 amide bonds. The second-order valence-electron chi connectivity index (χ2n) is 9.96. The molecule has 5 rings (SSSR count). The number of aliphatic hydroxyl groups is 2. The number of benzene rings is 2. The third-order valence-electron chi connectivity index (χ3n) is 8.31. The summed E-state index contributed by atoms with van der Waals surface area (Å²) < 4.78 is 19.6. The van der Waals surface area contributed by atoms with Gasteiger partial charge in [-0.3, -0.25) is 4.98 Å². The summed E-state index contributed by atoms with van der Waals surface area (Å²) in [6.07, 6.45) is 4.52. The lowest BCUT2D eigenvalue weighted by atomic mass is 9.52. The Labute approximate surface area is 200 Å². The van der Waals surface area contributed by atoms with Crippen LogP contribution in [0.15, 0.2) is 60.8 Å². The maximum absolute atomic E-state index is 13.5. The van der Waals surface area contributed by atoms with E-state index in [2.05, 4.69) is 24.0 Å². The molecule has 2 aliphatic rings. The number of fused-ring (bicyclic) bond motifs is 3. The predicted octanol–water partition coefficient (Wildman–Crippen LogP) is 5.36. The minimum absolute atomic E-state index is 0.197. The highest BCUT2D eigenvalue weighted by molar-refractivity contribution is 5.44. The molecule has 1 fully saturated rings. The fraction of sp³-hybridized carbons (Fsp3) is 0.414. The van der Waals surface area contributed by atoms with Gasteiger partial charge in [0.1, 0.15) is 23.8 Å². The lowest BCUT2D eigenvalue weighted by Crippen LogP contribution is -2.56. The summed E-state index contributed by atoms with van der Waals surface area (Å²) in [5, 5.41) is 22.8. The van der Waals surface area contributed by atoms with Gasteiger partial charge in [0.15, 0.2) is 0 Å². The molecule has 178 valence electrons. The summed E-state index contributed by atoms with van der Waals surface area (Å²) in [5.74, 6) is 0.725. The molecular weight excluding hydrogens is 429 g/mol. The summed E-state index contributed by atoms with van der Waals surface area (Å²) in [6, 6.07) is 16.2. The Morgan fingerprint density at radius 2 is 1.91 bits per heavy atom. The minimum atomic E-state index is -1.36. The number of aliphatic hydroxyl groups excluding tert-OH is 1. The Morgan fingerprint density at radius 1 is 1.12 bits per heavy atom. The van der Waals surface area contributed by atoms with E-state index in [-0.39, 0.29) is 17.2 Å². The molecule has 1 heterocycles. The third-order valence-corrected chi connectivity index (χ3v) is 8.31. The molecule has 3 aromatic rings. The van der Waals surface area contributed by atoms with Crippen LogP contribution in [0.5, 0.6) is 5.75 Å². The number of halogens is 1. The molecule has 1 aromatic heterocycles. The second kappa shape index (κ2) is 8.79. The number of aromatic nitrogens is 1. The first-order valence-corrected chi connectivity index (χ1v) is 12.2. The van der Waals surface area contributed by atoms with E-state index in [1.165, 1.54) is 23.3 Å². The molecule has 34 heavy (non-hydrogen) atoms. The molecule has 0 bridgehead atoms. The van der Waals surface area contributed by atoms with Gasteiger partial charge >= 0.3 is 0 Å². The highest BCUT2D eigenvalue weighted by Crippen LogP contribution is 2.56. The fourth-order valence-corrected chi connectivity index (χ4v) is 6.28. The Bertz CT molecular complexity index is 1180. The minimum Gasteiger partial charge on any atom is -0.489 e. The Kier molecular flexibility index (Phi) is 5.95. The van der Waals surface area contributed by atoms with Gasteiger partial charge in [-0.1, -0.05) is 31.2 Å². The Morgan fingerprint density at radius 3 is 2.65 bits per heavy atom. The van der Waals surface area contributed by atoms with Gasteiger partial charge in [0, 0.05) is 22.9 Å². The van der Waals surface area contributed by atoms with Crippen LogP contribution in [-0.4, -0.2) is 21.3 Å². The van der Waals surface area contributed by atoms with Crippen molar-refractivity contribution >= 4 is 0 Å². The van der Waals surface area contributed by atoms with Crippen molar-refractivity contribution in [3.05, 3.63) is 94.6 Å². The summed E-state index contributed by atoms with van der Waals surface area (Å²) in [7, 11) is 0. The standard InChI is InChI=1S/C29H32FNO3/c1-3-28-17-27(32)29(33,22-8-10-24(30)11-9-22)16-23(28)7-6-20-15-25(12-13-26(20)28)34-18-21-5-4-14-31-19(21)2/h4-5,8-15,23,27,32-33H,3,6-7,16-18H2,1-2H3/t23-,27+,28-,29-/m1/s1. The number of ether oxygens (including phenoxy) is 1. The van der Waals surface area contributed by atoms with Crippen molar-refractivity contribution in [1.29, 1.82) is 0 Å². The van der Waals surface area contributed by atoms with E-state index in [0.29, 0.717) is 25.0 Å². The molecule has 1 saturated carbocycles. The molecule has 2 aromatic carbocycles. The van der Waals surface area contributed by atoms with Crippen LogP contribution in [0.2, 0.25) is 0 Å². The van der Waals surface area contributed by atoms with Crippen LogP contribution < -0.4 is 4.74 Å². The van der Waals surface area contributed by atoms with Crippen molar-refractivity contribution in [2.75, 3.05) is 0 Å². The van der Waals surface area contributed by atoms with Crippen LogP contribution in [0.25, 0.3) is 0 Å². The van der Waals surface area contributed by atoms with Gasteiger partial charge < -0.3 is 14.9 Å². The van der Waals surface area contributed by atoms with E-state index >= 15 is 0 Å². The quantitative estimate of drug-likeness (QED) is 0.537. The van der Waals surface area contributed by atoms with E-state index in [1.54, 1.807) is 18.3 Å². The van der Waals surface area contributed by atoms with Gasteiger partial charge in [0.05, 0.1) is 6.10 Å². The lowest BCUT2D eigenvalue weighted by molar-refractivity contribution is -0.146. The maximum atomic E-state index is 13.5. The van der Waals surface area contributed by atoms with Crippen molar-refractivity contribution in [1.82, 2.24) is 4.98 Å². The SMILES string of the molecule is CC[C@@]12C[C@H](O)[C@](O)(c3ccc(F)cc3)C[C@H]1CCc1cc(OCc3cccnc3C)ccc12. The topological polar surface area (TPSA) is 62.6 Å². The van der Waals surface area contributed by atoms with Crippen LogP contribution in [0.4, 0.5) is 4.39 Å². The van der Waals surface area contributed by atoms with Crippen molar-refractivity contribution in [2.45, 2.75) is 69.7 Å². The zero-order valence-corrected chi connectivity index (χ0v) is 19.8. The van der Waals surface area contributed by atoms with Crippen LogP contribution in [0.1, 0.15) is 60.6 Å². The number of hydrogen-bond donors (Lipinski definition) is 2. The molecule has 4 atom stereocenters. The number of rotatable bonds is 5. The third kappa shape index (κ3) is 3.81. The molecule has 2 aliphatic carbocycles. The van der Waals surface area contributed by atoms with Crippen molar-refractivity contribution in [2.24, 2.45) is 5.92 Å². The first-order valence-electron chi connectivity index (χ1n) is 12.2. The second-order valence-corrected chi connectivity index (χ2v) is 9.96. The summed E-state index contributed by atoms with van der Waals surface area (Å²) in [4.78, 5) is 4.33. The summed E-state index contributed by atoms with van der Waals surface area (Å²) in [6.45, 7) is 4.63. The van der Waals surface area contributed by atoms with Gasteiger partial charge in [0.2, 0.25) is 0 Å². The van der Waals surface area contributed by atoms with Crippen LogP contribution in [-0.2, 0) is 24.0 Å².